The Morgan fingerprint density at radius 2 is 1.79 bits per heavy atom. The van der Waals surface area contributed by atoms with Crippen molar-refractivity contribution in [1.82, 2.24) is 9.55 Å². The molecule has 3 aromatic carbocycles. The molecule has 5 aromatic rings. The summed E-state index contributed by atoms with van der Waals surface area (Å²) >= 11 is 6.10. The number of hydrogen-bond acceptors (Lipinski definition) is 7. The van der Waals surface area contributed by atoms with Crippen molar-refractivity contribution in [1.29, 1.82) is 0 Å². The second-order valence-electron chi connectivity index (χ2n) is 8.02. The third-order valence-corrected chi connectivity index (χ3v) is 7.43. The maximum absolute atomic E-state index is 15.5. The number of oxazole rings is 1. The van der Waals surface area contributed by atoms with Gasteiger partial charge in [-0.2, -0.15) is 0 Å². The largest absolute Gasteiger partial charge is 0.495 e. The van der Waals surface area contributed by atoms with E-state index in [2.05, 4.69) is 9.71 Å². The van der Waals surface area contributed by atoms with Gasteiger partial charge in [-0.05, 0) is 48.0 Å². The lowest BCUT2D eigenvalue weighted by atomic mass is 10.0. The Balaban J connectivity index is 1.64. The van der Waals surface area contributed by atoms with E-state index in [4.69, 9.17) is 25.5 Å². The molecular formula is C26H19ClFN3O6S. The first kappa shape index (κ1) is 25.3. The highest BCUT2D eigenvalue weighted by atomic mass is 35.5. The molecule has 194 valence electrons. The molecule has 1 N–H and O–H groups in total. The number of fused-ring (bicyclic) bond motifs is 1. The van der Waals surface area contributed by atoms with Crippen LogP contribution in [-0.4, -0.2) is 32.2 Å². The van der Waals surface area contributed by atoms with E-state index in [9.17, 15) is 13.2 Å². The highest BCUT2D eigenvalue weighted by Gasteiger charge is 2.20. The Bertz CT molecular complexity index is 1840. The van der Waals surface area contributed by atoms with E-state index in [0.717, 1.165) is 0 Å². The van der Waals surface area contributed by atoms with Crippen molar-refractivity contribution in [3.8, 4) is 28.3 Å². The highest BCUT2D eigenvalue weighted by molar-refractivity contribution is 7.92. The van der Waals surface area contributed by atoms with E-state index >= 15 is 4.39 Å². The first-order valence-electron chi connectivity index (χ1n) is 11.0. The molecule has 0 fully saturated rings. The van der Waals surface area contributed by atoms with Crippen LogP contribution in [0, 0.1) is 5.82 Å². The lowest BCUT2D eigenvalue weighted by Crippen LogP contribution is -2.19. The lowest BCUT2D eigenvalue weighted by Gasteiger charge is -2.17. The zero-order valence-corrected chi connectivity index (χ0v) is 21.5. The Kier molecular flexibility index (Phi) is 6.55. The molecule has 0 bridgehead atoms. The predicted octanol–water partition coefficient (Wildman–Crippen LogP) is 5.26. The molecule has 5 rings (SSSR count). The number of nitrogens with one attached hydrogen (secondary N) is 1. The summed E-state index contributed by atoms with van der Waals surface area (Å²) in [6.07, 6.45) is 2.54. The van der Waals surface area contributed by atoms with Crippen molar-refractivity contribution in [3.63, 3.8) is 0 Å². The molecule has 0 saturated carbocycles. The number of rotatable bonds is 7. The fraction of sp³-hybridized carbons (Fsp3) is 0.0769. The van der Waals surface area contributed by atoms with Crippen LogP contribution < -0.4 is 19.8 Å². The molecule has 0 unspecified atom stereocenters. The van der Waals surface area contributed by atoms with Crippen LogP contribution in [0.5, 0.6) is 11.5 Å². The molecule has 0 radical (unpaired) electrons. The van der Waals surface area contributed by atoms with Crippen molar-refractivity contribution >= 4 is 38.5 Å². The molecule has 38 heavy (non-hydrogen) atoms. The molecule has 9 nitrogen and oxygen atoms in total. The lowest BCUT2D eigenvalue weighted by molar-refractivity contribution is 0.411. The SMILES string of the molecule is COc1cc(-c2cc(OC)c(-n3c(=O)ccc4cc(S(=O)(=O)Nc5ncco5)ccc43)cc2F)ccc1Cl. The number of pyridine rings is 1. The van der Waals surface area contributed by atoms with E-state index in [1.54, 1.807) is 18.2 Å². The predicted molar refractivity (Wildman–Crippen MR) is 140 cm³/mol. The van der Waals surface area contributed by atoms with Crippen LogP contribution in [0.3, 0.4) is 0 Å². The average Bonchev–Trinajstić information content (AvgIpc) is 3.41. The average molecular weight is 556 g/mol. The van der Waals surface area contributed by atoms with Crippen LogP contribution in [0.4, 0.5) is 10.4 Å². The van der Waals surface area contributed by atoms with Gasteiger partial charge < -0.3 is 13.9 Å². The van der Waals surface area contributed by atoms with Gasteiger partial charge in [0.25, 0.3) is 15.6 Å². The summed E-state index contributed by atoms with van der Waals surface area (Å²) in [5, 5.41) is 0.786. The maximum atomic E-state index is 15.5. The Hall–Kier alpha value is -4.35. The van der Waals surface area contributed by atoms with Crippen molar-refractivity contribution in [2.45, 2.75) is 4.90 Å². The number of ether oxygens (including phenoxy) is 2. The van der Waals surface area contributed by atoms with Gasteiger partial charge in [-0.1, -0.05) is 17.7 Å². The highest BCUT2D eigenvalue weighted by Crippen LogP contribution is 2.36. The number of benzene rings is 3. The monoisotopic (exact) mass is 555 g/mol. The van der Waals surface area contributed by atoms with Crippen molar-refractivity contribution in [2.24, 2.45) is 0 Å². The molecule has 0 atom stereocenters. The quantitative estimate of drug-likeness (QED) is 0.291. The summed E-state index contributed by atoms with van der Waals surface area (Å²) < 4.78 is 60.2. The summed E-state index contributed by atoms with van der Waals surface area (Å²) in [6, 6.07) is 14.2. The van der Waals surface area contributed by atoms with Gasteiger partial charge in [-0.25, -0.2) is 22.5 Å². The van der Waals surface area contributed by atoms with Crippen molar-refractivity contribution in [2.75, 3.05) is 18.9 Å². The topological polar surface area (TPSA) is 113 Å². The van der Waals surface area contributed by atoms with Gasteiger partial charge in [0, 0.05) is 23.1 Å². The number of nitrogens with zero attached hydrogens (tertiary/aromatic N) is 2. The van der Waals surface area contributed by atoms with Gasteiger partial charge in [-0.15, -0.1) is 0 Å². The van der Waals surface area contributed by atoms with E-state index in [0.29, 0.717) is 27.2 Å². The summed E-state index contributed by atoms with van der Waals surface area (Å²) in [5.41, 5.74) is 0.710. The van der Waals surface area contributed by atoms with Crippen molar-refractivity contribution in [3.05, 3.63) is 94.3 Å². The second kappa shape index (κ2) is 9.84. The van der Waals surface area contributed by atoms with Crippen LogP contribution in [0.15, 0.2) is 87.2 Å². The zero-order valence-electron chi connectivity index (χ0n) is 19.9. The number of methoxy groups -OCH3 is 2. The molecule has 0 aliphatic heterocycles. The summed E-state index contributed by atoms with van der Waals surface area (Å²) in [6.45, 7) is 0. The molecule has 2 heterocycles. The Morgan fingerprint density at radius 1 is 1.00 bits per heavy atom. The first-order valence-corrected chi connectivity index (χ1v) is 12.9. The van der Waals surface area contributed by atoms with Gasteiger partial charge in [0.15, 0.2) is 0 Å². The normalized spacial score (nSPS) is 11.5. The fourth-order valence-corrected chi connectivity index (χ4v) is 5.19. The van der Waals surface area contributed by atoms with Crippen molar-refractivity contribution < 1.29 is 26.7 Å². The van der Waals surface area contributed by atoms with Crippen LogP contribution in [0.2, 0.25) is 5.02 Å². The minimum Gasteiger partial charge on any atom is -0.495 e. The minimum absolute atomic E-state index is 0.0846. The van der Waals surface area contributed by atoms with E-state index in [-0.39, 0.29) is 27.9 Å². The molecule has 12 heteroatoms. The number of halogens is 2. The number of sulfonamides is 1. The minimum atomic E-state index is -4.02. The Morgan fingerprint density at radius 3 is 2.50 bits per heavy atom. The molecule has 2 aromatic heterocycles. The standard InChI is InChI=1S/C26H19ClFN3O6S/c1-35-23-12-15(3-6-19(23)27)18-13-24(36-2)22(14-20(18)28)31-21-7-5-17(11-16(21)4-8-25(31)32)38(33,34)30-26-29-9-10-37-26/h3-14H,1-2H3,(H,29,30). The molecule has 0 spiro atoms. The van der Waals surface area contributed by atoms with Crippen LogP contribution in [0.25, 0.3) is 27.7 Å². The third-order valence-electron chi connectivity index (χ3n) is 5.80. The molecule has 0 aliphatic carbocycles. The fourth-order valence-electron chi connectivity index (χ4n) is 4.02. The summed E-state index contributed by atoms with van der Waals surface area (Å²) in [7, 11) is -1.17. The van der Waals surface area contributed by atoms with Gasteiger partial charge in [0.05, 0.1) is 41.5 Å². The zero-order chi connectivity index (χ0) is 27.0. The van der Waals surface area contributed by atoms with Gasteiger partial charge in [0.1, 0.15) is 23.6 Å². The molecule has 0 aliphatic rings. The van der Waals surface area contributed by atoms with Crippen LogP contribution in [0.1, 0.15) is 0 Å². The van der Waals surface area contributed by atoms with Gasteiger partial charge in [-0.3, -0.25) is 9.36 Å². The van der Waals surface area contributed by atoms with Crippen LogP contribution >= 0.6 is 11.6 Å². The summed E-state index contributed by atoms with van der Waals surface area (Å²) in [4.78, 5) is 16.7. The maximum Gasteiger partial charge on any atom is 0.308 e. The first-order chi connectivity index (χ1) is 18.2. The van der Waals surface area contributed by atoms with Gasteiger partial charge >= 0.3 is 6.01 Å². The van der Waals surface area contributed by atoms with Gasteiger partial charge in [0.2, 0.25) is 0 Å². The molecular weight excluding hydrogens is 537 g/mol. The molecule has 0 saturated heterocycles. The molecule has 0 amide bonds. The number of aromatic nitrogens is 2. The number of hydrogen-bond donors (Lipinski definition) is 1. The number of anilines is 1. The Labute approximate surface area is 221 Å². The van der Waals surface area contributed by atoms with E-state index < -0.39 is 21.4 Å². The summed E-state index contributed by atoms with van der Waals surface area (Å²) in [5.74, 6) is -0.0319. The third kappa shape index (κ3) is 4.57. The second-order valence-corrected chi connectivity index (χ2v) is 10.1. The smallest absolute Gasteiger partial charge is 0.308 e. The van der Waals surface area contributed by atoms with E-state index in [1.165, 1.54) is 73.7 Å². The van der Waals surface area contributed by atoms with E-state index in [1.807, 2.05) is 0 Å². The van der Waals surface area contributed by atoms with Crippen LogP contribution in [-0.2, 0) is 10.0 Å².